The predicted octanol–water partition coefficient (Wildman–Crippen LogP) is 3.72. The Balaban J connectivity index is 2.53. The van der Waals surface area contributed by atoms with Crippen LogP contribution >= 0.6 is 11.6 Å². The second kappa shape index (κ2) is 9.30. The number of nitrogens with zero attached hydrogens (tertiary/aromatic N) is 2. The normalized spacial score (nSPS) is 11.2. The van der Waals surface area contributed by atoms with Gasteiger partial charge in [0, 0.05) is 13.1 Å². The Bertz CT molecular complexity index is 926. The molecule has 0 aliphatic heterocycles. The number of hydrogen-bond donors (Lipinski definition) is 0. The van der Waals surface area contributed by atoms with Gasteiger partial charge in [0.2, 0.25) is 5.91 Å². The maximum absolute atomic E-state index is 13.3. The van der Waals surface area contributed by atoms with Gasteiger partial charge < -0.3 is 9.64 Å². The van der Waals surface area contributed by atoms with E-state index in [2.05, 4.69) is 0 Å². The molecule has 8 heteroatoms. The molecule has 2 rings (SSSR count). The molecule has 2 aromatic rings. The molecule has 0 heterocycles. The van der Waals surface area contributed by atoms with E-state index in [1.54, 1.807) is 29.2 Å². The molecular weight excluding hydrogens is 400 g/mol. The fourth-order valence-electron chi connectivity index (χ4n) is 2.76. The number of aryl methyl sites for hydroxylation is 1. The van der Waals surface area contributed by atoms with Crippen molar-refractivity contribution in [2.24, 2.45) is 0 Å². The fourth-order valence-corrected chi connectivity index (χ4v) is 4.42. The highest BCUT2D eigenvalue weighted by atomic mass is 35.5. The third-order valence-corrected chi connectivity index (χ3v) is 6.51. The Kier molecular flexibility index (Phi) is 7.32. The number of carbonyl (C=O) groups is 1. The summed E-state index contributed by atoms with van der Waals surface area (Å²) in [6.07, 6.45) is 0. The molecule has 0 unspecified atom stereocenters. The monoisotopic (exact) mass is 424 g/mol. The Hall–Kier alpha value is -2.25. The van der Waals surface area contributed by atoms with Crippen molar-refractivity contribution in [1.82, 2.24) is 4.90 Å². The highest BCUT2D eigenvalue weighted by Gasteiger charge is 2.29. The minimum absolute atomic E-state index is 0.109. The van der Waals surface area contributed by atoms with Gasteiger partial charge in [-0.1, -0.05) is 29.3 Å². The number of rotatable bonds is 8. The summed E-state index contributed by atoms with van der Waals surface area (Å²) in [7, 11) is -2.49. The highest BCUT2D eigenvalue weighted by Crippen LogP contribution is 2.32. The summed E-state index contributed by atoms with van der Waals surface area (Å²) in [6.45, 7) is 6.25. The van der Waals surface area contributed by atoms with Gasteiger partial charge in [-0.25, -0.2) is 8.42 Å². The van der Waals surface area contributed by atoms with E-state index in [1.165, 1.54) is 25.3 Å². The van der Waals surface area contributed by atoms with Crippen molar-refractivity contribution in [3.63, 3.8) is 0 Å². The molecule has 0 saturated heterocycles. The lowest BCUT2D eigenvalue weighted by atomic mass is 10.2. The number of benzene rings is 2. The number of hydrogen-bond acceptors (Lipinski definition) is 4. The third kappa shape index (κ3) is 4.77. The standard InChI is InChI=1S/C20H25ClN2O4S/c1-5-22(6-2)20(24)14-23(16-9-12-19(27-4)18(21)13-16)28(25,26)17-10-7-15(3)8-11-17/h7-13H,5-6,14H2,1-4H3. The van der Waals surface area contributed by atoms with Crippen LogP contribution in [0.4, 0.5) is 5.69 Å². The van der Waals surface area contributed by atoms with Gasteiger partial charge in [-0.2, -0.15) is 0 Å². The van der Waals surface area contributed by atoms with Crippen LogP contribution in [0.15, 0.2) is 47.4 Å². The Morgan fingerprint density at radius 2 is 1.68 bits per heavy atom. The molecule has 0 aliphatic carbocycles. The highest BCUT2D eigenvalue weighted by molar-refractivity contribution is 7.92. The zero-order valence-electron chi connectivity index (χ0n) is 16.5. The van der Waals surface area contributed by atoms with Gasteiger partial charge in [-0.3, -0.25) is 9.10 Å². The second-order valence-corrected chi connectivity index (χ2v) is 8.48. The first-order chi connectivity index (χ1) is 13.2. The number of methoxy groups -OCH3 is 1. The van der Waals surface area contributed by atoms with Gasteiger partial charge in [0.05, 0.1) is 22.7 Å². The predicted molar refractivity (Wildman–Crippen MR) is 112 cm³/mol. The number of amides is 1. The molecule has 0 saturated carbocycles. The van der Waals surface area contributed by atoms with Crippen LogP contribution < -0.4 is 9.04 Å². The van der Waals surface area contributed by atoms with Crippen molar-refractivity contribution in [2.75, 3.05) is 31.0 Å². The van der Waals surface area contributed by atoms with Crippen molar-refractivity contribution < 1.29 is 17.9 Å². The van der Waals surface area contributed by atoms with Crippen LogP contribution in [0.5, 0.6) is 5.75 Å². The number of ether oxygens (including phenoxy) is 1. The molecule has 0 bridgehead atoms. The number of halogens is 1. The van der Waals surface area contributed by atoms with Gasteiger partial charge in [0.25, 0.3) is 10.0 Å². The fraction of sp³-hybridized carbons (Fsp3) is 0.350. The SMILES string of the molecule is CCN(CC)C(=O)CN(c1ccc(OC)c(Cl)c1)S(=O)(=O)c1ccc(C)cc1. The van der Waals surface area contributed by atoms with E-state index in [0.29, 0.717) is 24.5 Å². The lowest BCUT2D eigenvalue weighted by Gasteiger charge is -2.27. The molecule has 0 N–H and O–H groups in total. The topological polar surface area (TPSA) is 66.9 Å². The minimum Gasteiger partial charge on any atom is -0.495 e. The number of anilines is 1. The first-order valence-corrected chi connectivity index (χ1v) is 10.8. The Labute approximate surface area is 171 Å². The van der Waals surface area contributed by atoms with Crippen molar-refractivity contribution in [3.05, 3.63) is 53.1 Å². The molecule has 152 valence electrons. The molecule has 0 aromatic heterocycles. The molecule has 2 aromatic carbocycles. The van der Waals surface area contributed by atoms with Crippen LogP contribution in [-0.2, 0) is 14.8 Å². The van der Waals surface area contributed by atoms with Gasteiger partial charge in [-0.05, 0) is 51.1 Å². The quantitative estimate of drug-likeness (QED) is 0.647. The molecular formula is C20H25ClN2O4S. The molecule has 0 fully saturated rings. The van der Waals surface area contributed by atoms with Crippen LogP contribution in [0.1, 0.15) is 19.4 Å². The molecule has 0 aliphatic rings. The van der Waals surface area contributed by atoms with E-state index in [9.17, 15) is 13.2 Å². The largest absolute Gasteiger partial charge is 0.495 e. The zero-order chi connectivity index (χ0) is 20.9. The van der Waals surface area contributed by atoms with Crippen LogP contribution in [0.3, 0.4) is 0 Å². The van der Waals surface area contributed by atoms with Crippen molar-refractivity contribution in [3.8, 4) is 5.75 Å². The maximum Gasteiger partial charge on any atom is 0.264 e. The smallest absolute Gasteiger partial charge is 0.264 e. The summed E-state index contributed by atoms with van der Waals surface area (Å²) in [5.41, 5.74) is 1.24. The van der Waals surface area contributed by atoms with E-state index in [0.717, 1.165) is 9.87 Å². The summed E-state index contributed by atoms with van der Waals surface area (Å²) in [5, 5.41) is 0.263. The first kappa shape index (κ1) is 22.0. The van der Waals surface area contributed by atoms with E-state index in [-0.39, 0.29) is 22.4 Å². The van der Waals surface area contributed by atoms with Crippen LogP contribution in [0.2, 0.25) is 5.02 Å². The third-order valence-electron chi connectivity index (χ3n) is 4.43. The molecule has 0 radical (unpaired) electrons. The molecule has 0 atom stereocenters. The van der Waals surface area contributed by atoms with Gasteiger partial charge in [0.1, 0.15) is 12.3 Å². The van der Waals surface area contributed by atoms with Gasteiger partial charge in [-0.15, -0.1) is 0 Å². The molecule has 28 heavy (non-hydrogen) atoms. The summed E-state index contributed by atoms with van der Waals surface area (Å²) in [5.74, 6) is 0.140. The zero-order valence-corrected chi connectivity index (χ0v) is 18.0. The van der Waals surface area contributed by atoms with E-state index >= 15 is 0 Å². The summed E-state index contributed by atoms with van der Waals surface area (Å²) >= 11 is 6.20. The van der Waals surface area contributed by atoms with Crippen molar-refractivity contribution >= 4 is 33.2 Å². The second-order valence-electron chi connectivity index (χ2n) is 6.21. The van der Waals surface area contributed by atoms with E-state index in [4.69, 9.17) is 16.3 Å². The molecule has 1 amide bonds. The average Bonchev–Trinajstić information content (AvgIpc) is 2.67. The van der Waals surface area contributed by atoms with Gasteiger partial charge in [0.15, 0.2) is 0 Å². The molecule has 0 spiro atoms. The summed E-state index contributed by atoms with van der Waals surface area (Å²) in [4.78, 5) is 14.4. The van der Waals surface area contributed by atoms with E-state index in [1.807, 2.05) is 20.8 Å². The average molecular weight is 425 g/mol. The minimum atomic E-state index is -3.97. The van der Waals surface area contributed by atoms with Gasteiger partial charge >= 0.3 is 0 Å². The van der Waals surface area contributed by atoms with Crippen LogP contribution in [0.25, 0.3) is 0 Å². The van der Waals surface area contributed by atoms with E-state index < -0.39 is 10.0 Å². The van der Waals surface area contributed by atoms with Crippen molar-refractivity contribution in [1.29, 1.82) is 0 Å². The van der Waals surface area contributed by atoms with Crippen LogP contribution in [-0.4, -0.2) is 46.0 Å². The Morgan fingerprint density at radius 1 is 1.07 bits per heavy atom. The lowest BCUT2D eigenvalue weighted by molar-refractivity contribution is -0.129. The summed E-state index contributed by atoms with van der Waals surface area (Å²) in [6, 6.07) is 11.1. The summed E-state index contributed by atoms with van der Waals surface area (Å²) < 4.78 is 32.9. The molecule has 6 nitrogen and oxygen atoms in total. The maximum atomic E-state index is 13.3. The van der Waals surface area contributed by atoms with Crippen LogP contribution in [0, 0.1) is 6.92 Å². The Morgan fingerprint density at radius 3 is 2.18 bits per heavy atom. The first-order valence-electron chi connectivity index (χ1n) is 8.95. The van der Waals surface area contributed by atoms with Crippen molar-refractivity contribution in [2.45, 2.75) is 25.7 Å². The lowest BCUT2D eigenvalue weighted by Crippen LogP contribution is -2.43. The number of sulfonamides is 1. The number of carbonyl (C=O) groups excluding carboxylic acids is 1. The number of likely N-dealkylation sites (N-methyl/N-ethyl adjacent to an activating group) is 1.